The number of amides is 6. The Bertz CT molecular complexity index is 2520. The highest BCUT2D eigenvalue weighted by atomic mass is 16.6. The van der Waals surface area contributed by atoms with Crippen molar-refractivity contribution in [2.45, 2.75) is 32.4 Å². The average molecular weight is 832 g/mol. The summed E-state index contributed by atoms with van der Waals surface area (Å²) in [7, 11) is 0. The highest BCUT2D eigenvalue weighted by Gasteiger charge is 2.25. The normalized spacial score (nSPS) is 11.1. The number of nitro benzene ring substituents is 1. The Morgan fingerprint density at radius 2 is 1.20 bits per heavy atom. The number of nitrogens with one attached hydrogen (secondary N) is 5. The van der Waals surface area contributed by atoms with E-state index < -0.39 is 70.7 Å². The van der Waals surface area contributed by atoms with Gasteiger partial charge in [0.25, 0.3) is 29.3 Å². The van der Waals surface area contributed by atoms with Crippen molar-refractivity contribution in [2.24, 2.45) is 5.73 Å². The molecule has 5 aromatic rings. The first-order valence-corrected chi connectivity index (χ1v) is 18.1. The number of carboxylic acid groups (broad SMARTS) is 1. The molecule has 61 heavy (non-hydrogen) atoms. The van der Waals surface area contributed by atoms with Crippen LogP contribution >= 0.6 is 0 Å². The summed E-state index contributed by atoms with van der Waals surface area (Å²) in [6.45, 7) is 3.34. The number of ether oxygens (including phenoxy) is 1. The molecule has 1 atom stereocenters. The fraction of sp³-hybridized carbons (Fsp3) is 0.119. The monoisotopic (exact) mass is 831 g/mol. The predicted molar refractivity (Wildman–Crippen MR) is 221 cm³/mol. The molecule has 0 spiro atoms. The lowest BCUT2D eigenvalue weighted by molar-refractivity contribution is -0.384. The van der Waals surface area contributed by atoms with Gasteiger partial charge in [0.15, 0.2) is 11.5 Å². The molecule has 9 N–H and O–H groups in total. The number of phenols is 1. The summed E-state index contributed by atoms with van der Waals surface area (Å²) in [5.74, 6) is -6.37. The van der Waals surface area contributed by atoms with E-state index in [1.165, 1.54) is 103 Å². The fourth-order valence-electron chi connectivity index (χ4n) is 5.55. The van der Waals surface area contributed by atoms with Gasteiger partial charge in [-0.05, 0) is 105 Å². The van der Waals surface area contributed by atoms with E-state index in [0.717, 1.165) is 6.07 Å². The van der Waals surface area contributed by atoms with Gasteiger partial charge < -0.3 is 47.3 Å². The van der Waals surface area contributed by atoms with E-state index in [4.69, 9.17) is 15.6 Å². The van der Waals surface area contributed by atoms with Gasteiger partial charge in [0.05, 0.1) is 34.3 Å². The zero-order chi connectivity index (χ0) is 44.4. The summed E-state index contributed by atoms with van der Waals surface area (Å²) >= 11 is 0. The van der Waals surface area contributed by atoms with Crippen molar-refractivity contribution < 1.29 is 53.4 Å². The number of hydrogen-bond donors (Lipinski definition) is 8. The third-order valence-corrected chi connectivity index (χ3v) is 8.53. The van der Waals surface area contributed by atoms with Gasteiger partial charge in [-0.25, -0.2) is 4.79 Å². The maximum Gasteiger partial charge on any atom is 0.335 e. The summed E-state index contributed by atoms with van der Waals surface area (Å²) in [5, 5.41) is 44.0. The van der Waals surface area contributed by atoms with E-state index in [-0.39, 0.29) is 62.0 Å². The SMILES string of the molecule is CC(C)Oc1c(NC(=O)c2ccc(NC(=O)C(CC(N)=O)NC(=O)c3ccc(NC(=O)c4cccc([N+](=O)[O-])c4)cc3)cc2)ccc(C(=O)Nc2ccc(C(=O)O)cc2)c1O. The maximum absolute atomic E-state index is 13.3. The minimum absolute atomic E-state index is 0.0138. The summed E-state index contributed by atoms with van der Waals surface area (Å²) in [6.07, 6.45) is -1.06. The molecule has 0 aromatic heterocycles. The lowest BCUT2D eigenvalue weighted by atomic mass is 10.1. The fourth-order valence-corrected chi connectivity index (χ4v) is 5.55. The van der Waals surface area contributed by atoms with Crippen LogP contribution in [0.1, 0.15) is 72.1 Å². The van der Waals surface area contributed by atoms with Crippen LogP contribution in [0.4, 0.5) is 28.4 Å². The van der Waals surface area contributed by atoms with Crippen molar-refractivity contribution >= 4 is 69.8 Å². The van der Waals surface area contributed by atoms with E-state index in [0.29, 0.717) is 0 Å². The Hall–Kier alpha value is -8.61. The molecule has 0 bridgehead atoms. The Morgan fingerprint density at radius 1 is 0.672 bits per heavy atom. The van der Waals surface area contributed by atoms with Gasteiger partial charge >= 0.3 is 5.97 Å². The van der Waals surface area contributed by atoms with Gasteiger partial charge in [-0.2, -0.15) is 0 Å². The summed E-state index contributed by atoms with van der Waals surface area (Å²) in [5.41, 5.74) is 5.86. The molecule has 0 aliphatic heterocycles. The molecule has 0 fully saturated rings. The van der Waals surface area contributed by atoms with Gasteiger partial charge in [0, 0.05) is 45.9 Å². The predicted octanol–water partition coefficient (Wildman–Crippen LogP) is 5.16. The zero-order valence-corrected chi connectivity index (χ0v) is 32.3. The number of primary amides is 1. The van der Waals surface area contributed by atoms with Crippen LogP contribution in [0.2, 0.25) is 0 Å². The van der Waals surface area contributed by atoms with Crippen LogP contribution in [0.25, 0.3) is 0 Å². The number of aromatic carboxylic acids is 1. The molecule has 0 heterocycles. The molecule has 6 amide bonds. The molecule has 0 saturated carbocycles. The van der Waals surface area contributed by atoms with E-state index in [1.807, 2.05) is 0 Å². The molecule has 312 valence electrons. The van der Waals surface area contributed by atoms with Crippen molar-refractivity contribution in [3.8, 4) is 11.5 Å². The van der Waals surface area contributed by atoms with Crippen LogP contribution in [0.3, 0.4) is 0 Å². The molecule has 0 saturated heterocycles. The van der Waals surface area contributed by atoms with E-state index in [9.17, 15) is 48.8 Å². The molecule has 5 rings (SSSR count). The number of nitrogens with two attached hydrogens (primary N) is 1. The van der Waals surface area contributed by atoms with Crippen molar-refractivity contribution in [2.75, 3.05) is 21.3 Å². The molecular formula is C42H37N7O12. The van der Waals surface area contributed by atoms with Gasteiger partial charge in [-0.15, -0.1) is 0 Å². The van der Waals surface area contributed by atoms with Crippen molar-refractivity contribution in [1.29, 1.82) is 0 Å². The number of benzene rings is 5. The van der Waals surface area contributed by atoms with E-state index >= 15 is 0 Å². The van der Waals surface area contributed by atoms with Crippen LogP contribution in [0, 0.1) is 10.1 Å². The lowest BCUT2D eigenvalue weighted by Crippen LogP contribution is -2.46. The van der Waals surface area contributed by atoms with Crippen molar-refractivity contribution in [3.05, 3.63) is 147 Å². The number of phenolic OH excluding ortho intramolecular Hbond substituents is 1. The van der Waals surface area contributed by atoms with Crippen LogP contribution in [-0.2, 0) is 9.59 Å². The number of nitro groups is 1. The standard InChI is InChI=1S/C42H37N7O12/c1-22(2)61-36-32(19-18-31(35(36)51)40(55)45-28-16-10-25(11-17-28)42(57)58)47-37(52)23-8-14-29(15-9-23)46-41(56)33(21-34(43)50)48-38(53)24-6-12-27(13-7-24)44-39(54)26-4-3-5-30(20-26)49(59)60/h3-20,22,33,51H,21H2,1-2H3,(H2,43,50)(H,44,54)(H,45,55)(H,46,56)(H,47,52)(H,48,53)(H,57,58). The topological polar surface area (TPSA) is 298 Å². The average Bonchev–Trinajstić information content (AvgIpc) is 3.22. The number of anilines is 4. The van der Waals surface area contributed by atoms with Crippen molar-refractivity contribution in [1.82, 2.24) is 5.32 Å². The van der Waals surface area contributed by atoms with Gasteiger partial charge in [0.2, 0.25) is 11.8 Å². The van der Waals surface area contributed by atoms with Crippen molar-refractivity contribution in [3.63, 3.8) is 0 Å². The second kappa shape index (κ2) is 19.2. The number of hydrogen-bond acceptors (Lipinski definition) is 11. The minimum Gasteiger partial charge on any atom is -0.504 e. The van der Waals surface area contributed by atoms with Crippen LogP contribution in [0.5, 0.6) is 11.5 Å². The molecule has 19 nitrogen and oxygen atoms in total. The first kappa shape index (κ1) is 43.5. The molecule has 0 aliphatic carbocycles. The molecule has 0 radical (unpaired) electrons. The molecular weight excluding hydrogens is 794 g/mol. The minimum atomic E-state index is -1.42. The van der Waals surface area contributed by atoms with E-state index in [1.54, 1.807) is 13.8 Å². The number of aromatic hydroxyl groups is 1. The smallest absolute Gasteiger partial charge is 0.335 e. The Morgan fingerprint density at radius 3 is 1.74 bits per heavy atom. The third kappa shape index (κ3) is 11.5. The Balaban J connectivity index is 1.21. The van der Waals surface area contributed by atoms with Gasteiger partial charge in [-0.3, -0.25) is 38.9 Å². The highest BCUT2D eigenvalue weighted by molar-refractivity contribution is 6.10. The summed E-state index contributed by atoms with van der Waals surface area (Å²) in [4.78, 5) is 98.6. The zero-order valence-electron chi connectivity index (χ0n) is 32.3. The third-order valence-electron chi connectivity index (χ3n) is 8.53. The maximum atomic E-state index is 13.3. The molecule has 0 aliphatic rings. The highest BCUT2D eigenvalue weighted by Crippen LogP contribution is 2.39. The molecule has 5 aromatic carbocycles. The lowest BCUT2D eigenvalue weighted by Gasteiger charge is -2.19. The summed E-state index contributed by atoms with van der Waals surface area (Å²) in [6, 6.07) is 22.7. The quantitative estimate of drug-likeness (QED) is 0.0473. The Kier molecular flexibility index (Phi) is 13.7. The number of carboxylic acids is 1. The first-order valence-electron chi connectivity index (χ1n) is 18.1. The van der Waals surface area contributed by atoms with Crippen LogP contribution in [0.15, 0.2) is 109 Å². The number of nitrogens with zero attached hydrogens (tertiary/aromatic N) is 1. The summed E-state index contributed by atoms with van der Waals surface area (Å²) < 4.78 is 5.76. The number of rotatable bonds is 16. The number of carbonyl (C=O) groups is 7. The van der Waals surface area contributed by atoms with Crippen LogP contribution in [-0.4, -0.2) is 68.7 Å². The number of non-ortho nitro benzene ring substituents is 1. The second-order valence-corrected chi connectivity index (χ2v) is 13.4. The van der Waals surface area contributed by atoms with E-state index in [2.05, 4.69) is 26.6 Å². The number of carbonyl (C=O) groups excluding carboxylic acids is 6. The second-order valence-electron chi connectivity index (χ2n) is 13.4. The largest absolute Gasteiger partial charge is 0.504 e. The Labute approximate surface area is 346 Å². The van der Waals surface area contributed by atoms with Gasteiger partial charge in [-0.1, -0.05) is 6.07 Å². The molecule has 19 heteroatoms. The first-order chi connectivity index (χ1) is 29.0. The molecule has 1 unspecified atom stereocenters. The van der Waals surface area contributed by atoms with Gasteiger partial charge in [0.1, 0.15) is 6.04 Å². The van der Waals surface area contributed by atoms with Crippen LogP contribution < -0.4 is 37.1 Å².